The van der Waals surface area contributed by atoms with Crippen LogP contribution in [0.3, 0.4) is 0 Å². The summed E-state index contributed by atoms with van der Waals surface area (Å²) in [4.78, 5) is 17.4. The SMILES string of the molecule is CC(C)(C)[Si](C)(C)N(C(=O)O)c1nc2ccccc2n1[Si](C)(C)C(C)(C)C. The van der Waals surface area contributed by atoms with Crippen LogP contribution in [0, 0.1) is 0 Å². The molecule has 5 nitrogen and oxygen atoms in total. The zero-order valence-electron chi connectivity index (χ0n) is 18.5. The summed E-state index contributed by atoms with van der Waals surface area (Å²) >= 11 is 0. The Labute approximate surface area is 165 Å². The predicted octanol–water partition coefficient (Wildman–Crippen LogP) is 6.38. The minimum atomic E-state index is -2.40. The van der Waals surface area contributed by atoms with Crippen LogP contribution >= 0.6 is 0 Å². The zero-order chi connectivity index (χ0) is 21.0. The van der Waals surface area contributed by atoms with E-state index in [4.69, 9.17) is 4.98 Å². The average Bonchev–Trinajstić information content (AvgIpc) is 2.83. The summed E-state index contributed by atoms with van der Waals surface area (Å²) in [6.45, 7) is 22.0. The van der Waals surface area contributed by atoms with Gasteiger partial charge in [0.25, 0.3) is 0 Å². The van der Waals surface area contributed by atoms with Crippen LogP contribution in [0.2, 0.25) is 36.3 Å². The number of amides is 1. The fourth-order valence-corrected chi connectivity index (χ4v) is 6.97. The summed E-state index contributed by atoms with van der Waals surface area (Å²) in [6, 6.07) is 8.02. The third-order valence-corrected chi connectivity index (χ3v) is 17.1. The first-order valence-corrected chi connectivity index (χ1v) is 15.4. The fraction of sp³-hybridized carbons (Fsp3) is 0.600. The maximum absolute atomic E-state index is 12.5. The highest BCUT2D eigenvalue weighted by atomic mass is 28.3. The van der Waals surface area contributed by atoms with E-state index in [2.05, 4.69) is 78.0 Å². The number of para-hydroxylation sites is 2. The number of carbonyl (C=O) groups is 1. The molecule has 0 aliphatic heterocycles. The van der Waals surface area contributed by atoms with Crippen molar-refractivity contribution in [1.29, 1.82) is 0 Å². The van der Waals surface area contributed by atoms with Gasteiger partial charge in [-0.3, -0.25) is 4.57 Å². The first-order valence-electron chi connectivity index (χ1n) is 9.54. The lowest BCUT2D eigenvalue weighted by molar-refractivity contribution is 0.205. The number of nitrogens with zero attached hydrogens (tertiary/aromatic N) is 3. The molecule has 0 saturated carbocycles. The van der Waals surface area contributed by atoms with E-state index in [1.165, 1.54) is 0 Å². The maximum Gasteiger partial charge on any atom is 0.405 e. The lowest BCUT2D eigenvalue weighted by Gasteiger charge is -2.46. The van der Waals surface area contributed by atoms with Crippen molar-refractivity contribution in [2.75, 3.05) is 4.57 Å². The molecule has 1 aromatic heterocycles. The number of benzene rings is 1. The third-order valence-electron chi connectivity index (χ3n) is 6.72. The number of carboxylic acid groups (broad SMARTS) is 1. The van der Waals surface area contributed by atoms with Crippen molar-refractivity contribution in [3.63, 3.8) is 0 Å². The van der Waals surface area contributed by atoms with E-state index < -0.39 is 22.6 Å². The second-order valence-corrected chi connectivity index (χ2v) is 20.6. The third kappa shape index (κ3) is 3.47. The molecule has 2 rings (SSSR count). The van der Waals surface area contributed by atoms with Crippen molar-refractivity contribution in [3.05, 3.63) is 24.3 Å². The smallest absolute Gasteiger partial charge is 0.405 e. The number of fused-ring (bicyclic) bond motifs is 1. The van der Waals surface area contributed by atoms with Crippen molar-refractivity contribution in [3.8, 4) is 0 Å². The first-order chi connectivity index (χ1) is 12.0. The predicted molar refractivity (Wildman–Crippen MR) is 120 cm³/mol. The van der Waals surface area contributed by atoms with Crippen molar-refractivity contribution < 1.29 is 9.90 Å². The van der Waals surface area contributed by atoms with E-state index in [1.54, 1.807) is 4.57 Å². The quantitative estimate of drug-likeness (QED) is 0.603. The molecule has 7 heteroatoms. The average molecular weight is 406 g/mol. The topological polar surface area (TPSA) is 58.4 Å². The van der Waals surface area contributed by atoms with E-state index in [-0.39, 0.29) is 10.1 Å². The second kappa shape index (κ2) is 6.48. The van der Waals surface area contributed by atoms with Crippen LogP contribution in [0.15, 0.2) is 24.3 Å². The van der Waals surface area contributed by atoms with Crippen molar-refractivity contribution in [2.45, 2.75) is 77.8 Å². The zero-order valence-corrected chi connectivity index (χ0v) is 20.5. The molecule has 1 aromatic carbocycles. The van der Waals surface area contributed by atoms with Crippen LogP contribution in [0.4, 0.5) is 10.7 Å². The largest absolute Gasteiger partial charge is 0.465 e. The minimum absolute atomic E-state index is 0.0445. The Kier molecular flexibility index (Phi) is 5.20. The second-order valence-electron chi connectivity index (χ2n) is 10.5. The van der Waals surface area contributed by atoms with E-state index in [1.807, 2.05) is 18.2 Å². The molecule has 0 aliphatic carbocycles. The van der Waals surface area contributed by atoms with Crippen molar-refractivity contribution in [2.24, 2.45) is 0 Å². The molecule has 1 heterocycles. The summed E-state index contributed by atoms with van der Waals surface area (Å²) in [6.07, 6.45) is -0.906. The van der Waals surface area contributed by atoms with Gasteiger partial charge in [-0.1, -0.05) is 79.9 Å². The van der Waals surface area contributed by atoms with Crippen LogP contribution < -0.4 is 4.57 Å². The van der Waals surface area contributed by atoms with E-state index in [9.17, 15) is 9.90 Å². The van der Waals surface area contributed by atoms with Crippen LogP contribution in [-0.4, -0.2) is 36.9 Å². The van der Waals surface area contributed by atoms with Crippen LogP contribution in [0.25, 0.3) is 11.0 Å². The summed E-state index contributed by atoms with van der Waals surface area (Å²) < 4.78 is 3.89. The van der Waals surface area contributed by atoms with Gasteiger partial charge in [-0.15, -0.1) is 0 Å². The van der Waals surface area contributed by atoms with Crippen LogP contribution in [0.1, 0.15) is 41.5 Å². The van der Waals surface area contributed by atoms with Gasteiger partial charge in [0.15, 0.2) is 22.4 Å². The van der Waals surface area contributed by atoms with Crippen LogP contribution in [-0.2, 0) is 0 Å². The molecule has 0 saturated heterocycles. The normalized spacial score (nSPS) is 13.9. The highest BCUT2D eigenvalue weighted by Gasteiger charge is 2.49. The Morgan fingerprint density at radius 1 is 1.00 bits per heavy atom. The molecule has 0 radical (unpaired) electrons. The van der Waals surface area contributed by atoms with E-state index >= 15 is 0 Å². The minimum Gasteiger partial charge on any atom is -0.465 e. The highest BCUT2D eigenvalue weighted by Crippen LogP contribution is 2.45. The van der Waals surface area contributed by atoms with Gasteiger partial charge in [0.1, 0.15) is 0 Å². The number of imidazole rings is 1. The van der Waals surface area contributed by atoms with Gasteiger partial charge in [0.2, 0.25) is 0 Å². The van der Waals surface area contributed by atoms with Crippen molar-refractivity contribution >= 4 is 39.5 Å². The Bertz CT molecular complexity index is 858. The van der Waals surface area contributed by atoms with Gasteiger partial charge >= 0.3 is 6.09 Å². The highest BCUT2D eigenvalue weighted by molar-refractivity contribution is 6.87. The van der Waals surface area contributed by atoms with Crippen molar-refractivity contribution in [1.82, 2.24) is 9.22 Å². The number of aromatic nitrogens is 2. The van der Waals surface area contributed by atoms with Gasteiger partial charge in [-0.05, 0) is 22.2 Å². The molecule has 27 heavy (non-hydrogen) atoms. The number of hydrogen-bond donors (Lipinski definition) is 1. The Morgan fingerprint density at radius 2 is 1.52 bits per heavy atom. The number of anilines is 1. The van der Waals surface area contributed by atoms with E-state index in [0.29, 0.717) is 5.95 Å². The summed E-state index contributed by atoms with van der Waals surface area (Å²) in [5.74, 6) is 0.599. The molecule has 1 N–H and O–H groups in total. The maximum atomic E-state index is 12.5. The molecular formula is C20H35N3O2Si2. The lowest BCUT2D eigenvalue weighted by atomic mass is 10.2. The van der Waals surface area contributed by atoms with Gasteiger partial charge in [0.05, 0.1) is 11.0 Å². The molecule has 0 unspecified atom stereocenters. The number of rotatable bonds is 3. The molecule has 0 aliphatic rings. The fourth-order valence-electron chi connectivity index (χ4n) is 2.96. The van der Waals surface area contributed by atoms with Gasteiger partial charge in [0, 0.05) is 0 Å². The molecular weight excluding hydrogens is 370 g/mol. The summed E-state index contributed by atoms with van der Waals surface area (Å²) in [5.41, 5.74) is 1.89. The number of hydrogen-bond acceptors (Lipinski definition) is 2. The molecule has 0 atom stereocenters. The summed E-state index contributed by atoms with van der Waals surface area (Å²) in [7, 11) is -4.51. The molecule has 150 valence electrons. The van der Waals surface area contributed by atoms with E-state index in [0.717, 1.165) is 11.0 Å². The molecule has 1 amide bonds. The lowest BCUT2D eigenvalue weighted by Crippen LogP contribution is -2.60. The summed E-state index contributed by atoms with van der Waals surface area (Å²) in [5, 5.41) is 10.2. The van der Waals surface area contributed by atoms with Gasteiger partial charge < -0.3 is 9.34 Å². The standard InChI is InChI=1S/C20H35N3O2Si2/c1-19(2,3)26(7,8)22-16-14-12-11-13-15(16)21-17(22)23(18(24)25)27(9,10)20(4,5)6/h11-14H,1-10H3,(H,24,25). The molecule has 0 bridgehead atoms. The van der Waals surface area contributed by atoms with Gasteiger partial charge in [-0.2, -0.15) is 0 Å². The monoisotopic (exact) mass is 405 g/mol. The first kappa shape index (κ1) is 21.7. The Balaban J connectivity index is 2.93. The van der Waals surface area contributed by atoms with Gasteiger partial charge in [-0.25, -0.2) is 9.78 Å². The Morgan fingerprint density at radius 3 is 1.96 bits per heavy atom. The Hall–Kier alpha value is -1.61. The molecule has 0 fully saturated rings. The molecule has 0 spiro atoms. The van der Waals surface area contributed by atoms with Crippen LogP contribution in [0.5, 0.6) is 0 Å². The molecule has 2 aromatic rings.